The van der Waals surface area contributed by atoms with Gasteiger partial charge >= 0.3 is 0 Å². The Hall–Kier alpha value is -1.88. The molecule has 4 nitrogen and oxygen atoms in total. The molecule has 0 fully saturated rings. The molecule has 0 atom stereocenters. The highest BCUT2D eigenvalue weighted by molar-refractivity contribution is 6.31. The first kappa shape index (κ1) is 15.5. The van der Waals surface area contributed by atoms with Gasteiger partial charge in [0.2, 0.25) is 0 Å². The van der Waals surface area contributed by atoms with E-state index < -0.39 is 5.82 Å². The zero-order valence-corrected chi connectivity index (χ0v) is 13.0. The van der Waals surface area contributed by atoms with Crippen LogP contribution in [0.4, 0.5) is 21.7 Å². The Kier molecular flexibility index (Phi) is 4.96. The number of nitrogens with zero attached hydrogens (tertiary/aromatic N) is 2. The quantitative estimate of drug-likeness (QED) is 0.860. The van der Waals surface area contributed by atoms with Gasteiger partial charge in [0.25, 0.3) is 0 Å². The minimum atomic E-state index is -0.444. The number of rotatable bonds is 5. The van der Waals surface area contributed by atoms with E-state index in [9.17, 15) is 4.39 Å². The van der Waals surface area contributed by atoms with Gasteiger partial charge in [-0.15, -0.1) is 0 Å². The molecule has 0 radical (unpaired) electrons. The maximum absolute atomic E-state index is 13.1. The van der Waals surface area contributed by atoms with Crippen LogP contribution in [0.5, 0.6) is 0 Å². The van der Waals surface area contributed by atoms with Crippen molar-refractivity contribution in [1.82, 2.24) is 9.97 Å². The predicted molar refractivity (Wildman–Crippen MR) is 84.8 cm³/mol. The van der Waals surface area contributed by atoms with Crippen molar-refractivity contribution in [3.8, 4) is 0 Å². The van der Waals surface area contributed by atoms with Crippen molar-refractivity contribution in [1.29, 1.82) is 0 Å². The van der Waals surface area contributed by atoms with Crippen LogP contribution >= 0.6 is 11.6 Å². The van der Waals surface area contributed by atoms with Crippen LogP contribution in [0.25, 0.3) is 0 Å². The van der Waals surface area contributed by atoms with Crippen molar-refractivity contribution in [3.63, 3.8) is 0 Å². The molecule has 0 unspecified atom stereocenters. The molecule has 0 aliphatic rings. The number of hydrogen-bond donors (Lipinski definition) is 2. The predicted octanol–water partition coefficient (Wildman–Crippen LogP) is 4.39. The molecule has 0 bridgehead atoms. The van der Waals surface area contributed by atoms with Gasteiger partial charge in [-0.3, -0.25) is 0 Å². The molecule has 1 aromatic carbocycles. The van der Waals surface area contributed by atoms with Crippen LogP contribution in [0.15, 0.2) is 24.3 Å². The molecule has 0 saturated carbocycles. The van der Waals surface area contributed by atoms with Crippen LogP contribution in [0, 0.1) is 18.7 Å². The topological polar surface area (TPSA) is 49.8 Å². The summed E-state index contributed by atoms with van der Waals surface area (Å²) < 4.78 is 13.1. The first-order valence-electron chi connectivity index (χ1n) is 6.75. The van der Waals surface area contributed by atoms with Crippen molar-refractivity contribution in [2.45, 2.75) is 20.8 Å². The van der Waals surface area contributed by atoms with Crippen LogP contribution < -0.4 is 10.6 Å². The standard InChI is InChI=1S/C15H18ClFN4/c1-9(2)8-18-14-7-15(20-10(3)19-14)21-11-4-5-13(17)12(16)6-11/h4-7,9H,8H2,1-3H3,(H2,18,19,20,21). The fraction of sp³-hybridized carbons (Fsp3) is 0.333. The Morgan fingerprint density at radius 3 is 2.57 bits per heavy atom. The van der Waals surface area contributed by atoms with E-state index >= 15 is 0 Å². The highest BCUT2D eigenvalue weighted by Crippen LogP contribution is 2.23. The lowest BCUT2D eigenvalue weighted by Crippen LogP contribution is -2.10. The summed E-state index contributed by atoms with van der Waals surface area (Å²) in [4.78, 5) is 8.64. The molecule has 0 saturated heterocycles. The van der Waals surface area contributed by atoms with E-state index in [0.717, 1.165) is 12.4 Å². The van der Waals surface area contributed by atoms with Crippen LogP contribution in [-0.2, 0) is 0 Å². The summed E-state index contributed by atoms with van der Waals surface area (Å²) in [6.07, 6.45) is 0. The second-order valence-electron chi connectivity index (χ2n) is 5.21. The van der Waals surface area contributed by atoms with Crippen molar-refractivity contribution in [2.24, 2.45) is 5.92 Å². The summed E-state index contributed by atoms with van der Waals surface area (Å²) in [7, 11) is 0. The molecule has 2 N–H and O–H groups in total. The van der Waals surface area contributed by atoms with E-state index in [1.807, 2.05) is 13.0 Å². The number of nitrogens with one attached hydrogen (secondary N) is 2. The monoisotopic (exact) mass is 308 g/mol. The average molecular weight is 309 g/mol. The summed E-state index contributed by atoms with van der Waals surface area (Å²) in [6.45, 7) is 6.91. The molecule has 0 aliphatic heterocycles. The smallest absolute Gasteiger partial charge is 0.141 e. The summed E-state index contributed by atoms with van der Waals surface area (Å²) >= 11 is 5.77. The molecule has 1 aromatic heterocycles. The summed E-state index contributed by atoms with van der Waals surface area (Å²) in [5, 5.41) is 6.43. The fourth-order valence-corrected chi connectivity index (χ4v) is 1.93. The summed E-state index contributed by atoms with van der Waals surface area (Å²) in [5.74, 6) is 2.12. The van der Waals surface area contributed by atoms with E-state index in [-0.39, 0.29) is 5.02 Å². The van der Waals surface area contributed by atoms with Crippen molar-refractivity contribution >= 4 is 28.9 Å². The zero-order valence-electron chi connectivity index (χ0n) is 12.2. The molecule has 21 heavy (non-hydrogen) atoms. The lowest BCUT2D eigenvalue weighted by Gasteiger charge is -2.11. The van der Waals surface area contributed by atoms with Crippen molar-refractivity contribution in [3.05, 3.63) is 40.9 Å². The molecule has 6 heteroatoms. The van der Waals surface area contributed by atoms with Gasteiger partial charge < -0.3 is 10.6 Å². The Bertz CT molecular complexity index is 631. The maximum atomic E-state index is 13.1. The van der Waals surface area contributed by atoms with Gasteiger partial charge in [0.05, 0.1) is 5.02 Å². The molecule has 0 amide bonds. The molecule has 2 aromatic rings. The number of anilines is 3. The Balaban J connectivity index is 2.17. The van der Waals surface area contributed by atoms with E-state index in [0.29, 0.717) is 23.2 Å². The number of halogens is 2. The highest BCUT2D eigenvalue weighted by atomic mass is 35.5. The van der Waals surface area contributed by atoms with Gasteiger partial charge in [-0.05, 0) is 31.0 Å². The minimum Gasteiger partial charge on any atom is -0.370 e. The van der Waals surface area contributed by atoms with E-state index in [1.54, 1.807) is 6.07 Å². The molecule has 1 heterocycles. The Morgan fingerprint density at radius 2 is 1.90 bits per heavy atom. The molecule has 112 valence electrons. The number of aromatic nitrogens is 2. The largest absolute Gasteiger partial charge is 0.370 e. The van der Waals surface area contributed by atoms with Gasteiger partial charge in [0, 0.05) is 18.3 Å². The van der Waals surface area contributed by atoms with E-state index in [1.165, 1.54) is 12.1 Å². The molecule has 0 spiro atoms. The van der Waals surface area contributed by atoms with Gasteiger partial charge in [-0.1, -0.05) is 25.4 Å². The van der Waals surface area contributed by atoms with Crippen LogP contribution in [0.3, 0.4) is 0 Å². The number of benzene rings is 1. The maximum Gasteiger partial charge on any atom is 0.141 e. The van der Waals surface area contributed by atoms with Crippen molar-refractivity contribution < 1.29 is 4.39 Å². The van der Waals surface area contributed by atoms with Crippen LogP contribution in [0.2, 0.25) is 5.02 Å². The molecular weight excluding hydrogens is 291 g/mol. The summed E-state index contributed by atoms with van der Waals surface area (Å²) in [6, 6.07) is 6.26. The zero-order chi connectivity index (χ0) is 15.4. The van der Waals surface area contributed by atoms with Gasteiger partial charge in [-0.25, -0.2) is 14.4 Å². The third-order valence-corrected chi connectivity index (χ3v) is 3.01. The molecule has 0 aliphatic carbocycles. The lowest BCUT2D eigenvalue weighted by atomic mass is 10.2. The fourth-order valence-electron chi connectivity index (χ4n) is 1.75. The van der Waals surface area contributed by atoms with Crippen molar-refractivity contribution in [2.75, 3.05) is 17.2 Å². The second-order valence-corrected chi connectivity index (χ2v) is 5.62. The number of hydrogen-bond acceptors (Lipinski definition) is 4. The highest BCUT2D eigenvalue weighted by Gasteiger charge is 2.05. The third kappa shape index (κ3) is 4.56. The Morgan fingerprint density at radius 1 is 1.19 bits per heavy atom. The van der Waals surface area contributed by atoms with E-state index in [2.05, 4.69) is 34.4 Å². The van der Waals surface area contributed by atoms with Gasteiger partial charge in [0.1, 0.15) is 23.3 Å². The molecule has 2 rings (SSSR count). The molecular formula is C15H18ClFN4. The van der Waals surface area contributed by atoms with E-state index in [4.69, 9.17) is 11.6 Å². The number of aryl methyl sites for hydroxylation is 1. The lowest BCUT2D eigenvalue weighted by molar-refractivity contribution is 0.628. The normalized spacial score (nSPS) is 10.8. The average Bonchev–Trinajstić information content (AvgIpc) is 2.40. The Labute approximate surface area is 128 Å². The third-order valence-electron chi connectivity index (χ3n) is 2.72. The minimum absolute atomic E-state index is 0.0731. The van der Waals surface area contributed by atoms with Crippen LogP contribution in [-0.4, -0.2) is 16.5 Å². The first-order valence-corrected chi connectivity index (χ1v) is 7.13. The van der Waals surface area contributed by atoms with Crippen LogP contribution in [0.1, 0.15) is 19.7 Å². The van der Waals surface area contributed by atoms with Gasteiger partial charge in [0.15, 0.2) is 0 Å². The first-order chi connectivity index (χ1) is 9.94. The SMILES string of the molecule is Cc1nc(NCC(C)C)cc(Nc2ccc(F)c(Cl)c2)n1. The summed E-state index contributed by atoms with van der Waals surface area (Å²) in [5.41, 5.74) is 0.675. The second kappa shape index (κ2) is 6.72. The van der Waals surface area contributed by atoms with Gasteiger partial charge in [-0.2, -0.15) is 0 Å².